The number of rotatable bonds is 3. The molecule has 6 heteroatoms. The highest BCUT2D eigenvalue weighted by atomic mass is 32.2. The Morgan fingerprint density at radius 3 is 2.63 bits per heavy atom. The molecule has 2 aromatic carbocycles. The Morgan fingerprint density at radius 1 is 0.963 bits per heavy atom. The molecule has 0 N–H and O–H groups in total. The highest BCUT2D eigenvalue weighted by Gasteiger charge is 2.47. The van der Waals surface area contributed by atoms with Crippen LogP contribution in [-0.4, -0.2) is 28.7 Å². The van der Waals surface area contributed by atoms with E-state index in [9.17, 15) is 8.42 Å². The molecule has 0 spiro atoms. The third-order valence-corrected chi connectivity index (χ3v) is 7.53. The molecule has 0 amide bonds. The molecular formula is C21H19N3O2S. The Bertz CT molecular complexity index is 1100. The van der Waals surface area contributed by atoms with Crippen LogP contribution in [0.3, 0.4) is 0 Å². The minimum Gasteiger partial charge on any atom is -0.244 e. The summed E-state index contributed by atoms with van der Waals surface area (Å²) >= 11 is 0. The topological polar surface area (TPSA) is 63.2 Å². The van der Waals surface area contributed by atoms with Crippen molar-refractivity contribution in [2.75, 3.05) is 0 Å². The average Bonchev–Trinajstić information content (AvgIpc) is 3.05. The molecule has 2 unspecified atom stereocenters. The number of fused-ring (bicyclic) bond motifs is 4. The summed E-state index contributed by atoms with van der Waals surface area (Å²) in [6.07, 6.45) is 5.66. The predicted octanol–water partition coefficient (Wildman–Crippen LogP) is 3.59. The van der Waals surface area contributed by atoms with Gasteiger partial charge in [0, 0.05) is 24.2 Å². The van der Waals surface area contributed by atoms with E-state index < -0.39 is 10.0 Å². The van der Waals surface area contributed by atoms with Crippen molar-refractivity contribution in [1.29, 1.82) is 0 Å². The van der Waals surface area contributed by atoms with Gasteiger partial charge in [-0.05, 0) is 36.1 Å². The molecule has 1 fully saturated rings. The number of nitrogens with zero attached hydrogens (tertiary/aromatic N) is 3. The highest BCUT2D eigenvalue weighted by molar-refractivity contribution is 7.89. The molecule has 1 saturated heterocycles. The van der Waals surface area contributed by atoms with Gasteiger partial charge in [0.25, 0.3) is 0 Å². The van der Waals surface area contributed by atoms with Crippen LogP contribution in [0.1, 0.15) is 30.1 Å². The first-order valence-electron chi connectivity index (χ1n) is 9.12. The van der Waals surface area contributed by atoms with Crippen LogP contribution in [-0.2, 0) is 16.4 Å². The van der Waals surface area contributed by atoms with E-state index in [1.165, 1.54) is 0 Å². The van der Waals surface area contributed by atoms with Crippen molar-refractivity contribution in [2.24, 2.45) is 0 Å². The molecule has 0 saturated carbocycles. The molecule has 5 rings (SSSR count). The van der Waals surface area contributed by atoms with Gasteiger partial charge in [-0.15, -0.1) is 0 Å². The molecule has 0 aliphatic carbocycles. The van der Waals surface area contributed by atoms with Crippen LogP contribution in [0.15, 0.2) is 72.0 Å². The summed E-state index contributed by atoms with van der Waals surface area (Å²) in [7, 11) is -3.59. The SMILES string of the molecule is O=S(=O)(c1cccc(-c2ccccc2)c1)N1C2CCC1c1cncnc1C2. The Balaban J connectivity index is 1.57. The van der Waals surface area contributed by atoms with E-state index in [4.69, 9.17) is 0 Å². The second-order valence-corrected chi connectivity index (χ2v) is 8.95. The molecule has 2 atom stereocenters. The maximum atomic E-state index is 13.5. The molecule has 136 valence electrons. The Hall–Kier alpha value is -2.57. The van der Waals surface area contributed by atoms with Crippen LogP contribution in [0.4, 0.5) is 0 Å². The van der Waals surface area contributed by atoms with Crippen molar-refractivity contribution in [3.63, 3.8) is 0 Å². The van der Waals surface area contributed by atoms with Gasteiger partial charge in [0.05, 0.1) is 16.6 Å². The second-order valence-electron chi connectivity index (χ2n) is 7.10. The summed E-state index contributed by atoms with van der Waals surface area (Å²) in [4.78, 5) is 8.84. The van der Waals surface area contributed by atoms with E-state index in [1.54, 1.807) is 29.0 Å². The van der Waals surface area contributed by atoms with Crippen molar-refractivity contribution in [3.8, 4) is 11.1 Å². The normalized spacial score (nSPS) is 21.8. The zero-order valence-corrected chi connectivity index (χ0v) is 15.5. The van der Waals surface area contributed by atoms with E-state index in [1.807, 2.05) is 42.5 Å². The van der Waals surface area contributed by atoms with Crippen molar-refractivity contribution in [1.82, 2.24) is 14.3 Å². The highest BCUT2D eigenvalue weighted by Crippen LogP contribution is 2.46. The van der Waals surface area contributed by atoms with E-state index >= 15 is 0 Å². The molecule has 5 nitrogen and oxygen atoms in total. The lowest BCUT2D eigenvalue weighted by atomic mass is 10.0. The number of hydrogen-bond donors (Lipinski definition) is 0. The van der Waals surface area contributed by atoms with E-state index in [0.29, 0.717) is 11.3 Å². The van der Waals surface area contributed by atoms with Gasteiger partial charge in [0.1, 0.15) is 6.33 Å². The predicted molar refractivity (Wildman–Crippen MR) is 102 cm³/mol. The lowest BCUT2D eigenvalue weighted by Gasteiger charge is -2.34. The van der Waals surface area contributed by atoms with Crippen LogP contribution in [0.25, 0.3) is 11.1 Å². The summed E-state index contributed by atoms with van der Waals surface area (Å²) in [5, 5.41) is 0. The molecule has 2 bridgehead atoms. The summed E-state index contributed by atoms with van der Waals surface area (Å²) in [6, 6.07) is 16.9. The van der Waals surface area contributed by atoms with Crippen molar-refractivity contribution in [2.45, 2.75) is 36.2 Å². The van der Waals surface area contributed by atoms with Gasteiger partial charge >= 0.3 is 0 Å². The van der Waals surface area contributed by atoms with Gasteiger partial charge in [-0.3, -0.25) is 0 Å². The van der Waals surface area contributed by atoms with Gasteiger partial charge in [-0.1, -0.05) is 42.5 Å². The third-order valence-electron chi connectivity index (χ3n) is 5.57. The van der Waals surface area contributed by atoms with Crippen molar-refractivity contribution in [3.05, 3.63) is 78.4 Å². The Labute approximate surface area is 158 Å². The maximum Gasteiger partial charge on any atom is 0.243 e. The maximum absolute atomic E-state index is 13.5. The summed E-state index contributed by atoms with van der Waals surface area (Å²) in [5.41, 5.74) is 3.86. The van der Waals surface area contributed by atoms with Crippen LogP contribution >= 0.6 is 0 Å². The lowest BCUT2D eigenvalue weighted by Crippen LogP contribution is -2.42. The Morgan fingerprint density at radius 2 is 1.78 bits per heavy atom. The molecule has 1 aromatic heterocycles. The van der Waals surface area contributed by atoms with Crippen LogP contribution in [0.5, 0.6) is 0 Å². The van der Waals surface area contributed by atoms with Gasteiger partial charge in [0.15, 0.2) is 0 Å². The smallest absolute Gasteiger partial charge is 0.243 e. The first-order valence-corrected chi connectivity index (χ1v) is 10.6. The summed E-state index contributed by atoms with van der Waals surface area (Å²) in [6.45, 7) is 0. The zero-order valence-electron chi connectivity index (χ0n) is 14.7. The van der Waals surface area contributed by atoms with Crippen LogP contribution in [0.2, 0.25) is 0 Å². The fourth-order valence-corrected chi connectivity index (χ4v) is 6.23. The standard InChI is InChI=1S/C21H19N3O2S/c25-27(26,18-8-4-7-16(11-18)15-5-2-1-3-6-15)24-17-9-10-21(24)19-13-22-14-23-20(19)12-17/h1-8,11,13-14,17,21H,9-10,12H2. The summed E-state index contributed by atoms with van der Waals surface area (Å²) < 4.78 is 28.8. The molecule has 3 heterocycles. The van der Waals surface area contributed by atoms with Crippen molar-refractivity contribution >= 4 is 10.0 Å². The van der Waals surface area contributed by atoms with E-state index in [2.05, 4.69) is 9.97 Å². The molecule has 3 aromatic rings. The quantitative estimate of drug-likeness (QED) is 0.700. The summed E-state index contributed by atoms with van der Waals surface area (Å²) in [5.74, 6) is 0. The van der Waals surface area contributed by atoms with Gasteiger partial charge < -0.3 is 0 Å². The molecule has 2 aliphatic rings. The van der Waals surface area contributed by atoms with E-state index in [-0.39, 0.29) is 12.1 Å². The first kappa shape index (κ1) is 16.6. The minimum absolute atomic E-state index is 0.0252. The van der Waals surface area contributed by atoms with Gasteiger partial charge in [0.2, 0.25) is 10.0 Å². The average molecular weight is 377 g/mol. The number of benzene rings is 2. The third kappa shape index (κ3) is 2.67. The second kappa shape index (κ2) is 6.25. The molecular weight excluding hydrogens is 358 g/mol. The largest absolute Gasteiger partial charge is 0.244 e. The van der Waals surface area contributed by atoms with Gasteiger partial charge in [-0.25, -0.2) is 18.4 Å². The number of aromatic nitrogens is 2. The first-order chi connectivity index (χ1) is 13.1. The van der Waals surface area contributed by atoms with Gasteiger partial charge in [-0.2, -0.15) is 4.31 Å². The number of hydrogen-bond acceptors (Lipinski definition) is 4. The van der Waals surface area contributed by atoms with Crippen molar-refractivity contribution < 1.29 is 8.42 Å². The van der Waals surface area contributed by atoms with Crippen LogP contribution < -0.4 is 0 Å². The fourth-order valence-electron chi connectivity index (χ4n) is 4.33. The lowest BCUT2D eigenvalue weighted by molar-refractivity contribution is 0.300. The Kier molecular flexibility index (Phi) is 3.84. The monoisotopic (exact) mass is 377 g/mol. The zero-order chi connectivity index (χ0) is 18.4. The minimum atomic E-state index is -3.59. The molecule has 0 radical (unpaired) electrons. The fraction of sp³-hybridized carbons (Fsp3) is 0.238. The van der Waals surface area contributed by atoms with Crippen LogP contribution in [0, 0.1) is 0 Å². The molecule has 27 heavy (non-hydrogen) atoms. The number of sulfonamides is 1. The van der Waals surface area contributed by atoms with E-state index in [0.717, 1.165) is 35.2 Å². The molecule has 2 aliphatic heterocycles.